The molecular weight excluding hydrogens is 775 g/mol. The number of nitrogens with one attached hydrogen (secondary N) is 5. The number of likely N-dealkylation sites (tertiary alicyclic amines) is 1. The van der Waals surface area contributed by atoms with E-state index >= 15 is 0 Å². The number of rotatable bonds is 19. The molecule has 4 amide bonds. The van der Waals surface area contributed by atoms with Crippen molar-refractivity contribution in [2.24, 2.45) is 5.92 Å². The van der Waals surface area contributed by atoms with Crippen molar-refractivity contribution >= 4 is 31.1 Å². The van der Waals surface area contributed by atoms with Crippen molar-refractivity contribution in [1.82, 2.24) is 36.5 Å². The number of carboxylic acid groups (broad SMARTS) is 1. The Morgan fingerprint density at radius 1 is 0.885 bits per heavy atom. The van der Waals surface area contributed by atoms with Crippen molar-refractivity contribution in [3.05, 3.63) is 102 Å². The topological polar surface area (TPSA) is 202 Å². The average Bonchev–Trinajstić information content (AvgIpc) is 3.49. The minimum Gasteiger partial charge on any atom is -0.483 e. The first-order valence-corrected chi connectivity index (χ1v) is 21.2. The number of aliphatic hydroxyl groups excluding tert-OH is 1. The van der Waals surface area contributed by atoms with Crippen molar-refractivity contribution in [3.63, 3.8) is 0 Å². The Morgan fingerprint density at radius 2 is 1.48 bits per heavy atom. The summed E-state index contributed by atoms with van der Waals surface area (Å²) in [6, 6.07) is 24.4. The second kappa shape index (κ2) is 39.0. The van der Waals surface area contributed by atoms with Gasteiger partial charge in [-0.2, -0.15) is 0 Å². The van der Waals surface area contributed by atoms with E-state index in [9.17, 15) is 19.2 Å². The van der Waals surface area contributed by atoms with Crippen LogP contribution in [0.5, 0.6) is 0 Å². The van der Waals surface area contributed by atoms with Gasteiger partial charge in [-0.15, -0.1) is 0 Å². The molecule has 7 N–H and O–H groups in total. The first-order valence-electron chi connectivity index (χ1n) is 21.2. The van der Waals surface area contributed by atoms with Crippen LogP contribution in [-0.4, -0.2) is 103 Å². The maximum Gasteiger partial charge on any atom is 0.290 e. The number of pyridine rings is 1. The molecule has 1 aliphatic heterocycles. The number of hydrogen-bond acceptors (Lipinski definition) is 9. The summed E-state index contributed by atoms with van der Waals surface area (Å²) >= 11 is 0. The van der Waals surface area contributed by atoms with Crippen molar-refractivity contribution < 1.29 is 34.2 Å². The van der Waals surface area contributed by atoms with Crippen LogP contribution < -0.4 is 26.6 Å². The second-order valence-electron chi connectivity index (χ2n) is 15.5. The van der Waals surface area contributed by atoms with Crippen LogP contribution in [-0.2, 0) is 30.4 Å². The van der Waals surface area contributed by atoms with Gasteiger partial charge >= 0.3 is 0 Å². The summed E-state index contributed by atoms with van der Waals surface area (Å²) in [7, 11) is 1.86. The summed E-state index contributed by atoms with van der Waals surface area (Å²) in [6.45, 7) is 17.2. The first-order chi connectivity index (χ1) is 29.2. The zero-order chi connectivity index (χ0) is 46.2. The van der Waals surface area contributed by atoms with Crippen LogP contribution in [0.25, 0.3) is 0 Å². The number of benzene rings is 2. The van der Waals surface area contributed by atoms with Gasteiger partial charge in [-0.3, -0.25) is 34.3 Å². The van der Waals surface area contributed by atoms with Crippen LogP contribution in [0.2, 0.25) is 0 Å². The van der Waals surface area contributed by atoms with Gasteiger partial charge < -0.3 is 36.4 Å². The Balaban J connectivity index is 0. The number of carbonyl (C=O) groups is 5. The van der Waals surface area contributed by atoms with Crippen LogP contribution in [0.3, 0.4) is 0 Å². The third kappa shape index (κ3) is 35.3. The van der Waals surface area contributed by atoms with Crippen molar-refractivity contribution in [2.75, 3.05) is 40.0 Å². The predicted octanol–water partition coefficient (Wildman–Crippen LogP) is 5.80. The van der Waals surface area contributed by atoms with Crippen molar-refractivity contribution in [2.45, 2.75) is 117 Å². The molecule has 3 atom stereocenters. The Morgan fingerprint density at radius 3 is 1.95 bits per heavy atom. The second-order valence-corrected chi connectivity index (χ2v) is 15.5. The molecule has 2 heterocycles. The minimum absolute atomic E-state index is 0.0304. The molecule has 1 fully saturated rings. The lowest BCUT2D eigenvalue weighted by Crippen LogP contribution is -2.39. The number of carbonyl (C=O) groups excluding carboxylic acids is 4. The number of unbranched alkanes of at least 4 members (excludes halogenated alkanes) is 5. The molecule has 61 heavy (non-hydrogen) atoms. The largest absolute Gasteiger partial charge is 0.483 e. The minimum atomic E-state index is -0.250. The summed E-state index contributed by atoms with van der Waals surface area (Å²) in [5.74, 6) is 0.443. The zero-order valence-electron chi connectivity index (χ0n) is 38.1. The van der Waals surface area contributed by atoms with E-state index in [0.29, 0.717) is 43.8 Å². The van der Waals surface area contributed by atoms with Gasteiger partial charge in [0, 0.05) is 50.5 Å². The van der Waals surface area contributed by atoms with E-state index < -0.39 is 0 Å². The summed E-state index contributed by atoms with van der Waals surface area (Å²) < 4.78 is 0. The highest BCUT2D eigenvalue weighted by Crippen LogP contribution is 2.35. The number of amides is 4. The molecule has 2 aromatic carbocycles. The molecule has 0 bridgehead atoms. The van der Waals surface area contributed by atoms with Crippen molar-refractivity contribution in [3.8, 4) is 0 Å². The zero-order valence-corrected chi connectivity index (χ0v) is 38.1. The first kappa shape index (κ1) is 57.9. The van der Waals surface area contributed by atoms with E-state index in [2.05, 4.69) is 85.2 Å². The van der Waals surface area contributed by atoms with E-state index in [0.717, 1.165) is 12.0 Å². The molecule has 14 heteroatoms. The SMILES string of the molecule is CC(Cc1ccccc1)NC(=O)CNC=O.CCCCCCCCNC(C)(C)C.C[C@H]1CC(=O)N(C)C1c1cccnc1.Cc1ccccc1.O=CNCCNCO.O=CO. The highest BCUT2D eigenvalue weighted by Gasteiger charge is 2.35. The fourth-order valence-electron chi connectivity index (χ4n) is 5.85. The standard InChI is InChI=1S/C12H16N2O2.C12H27N.C11H14N2O.C7H8.C4H10N2O2.CH2O2/c1-10(14-12(16)8-13-9-15)7-11-5-3-2-4-6-11;1-5-6-7-8-9-10-11-13-12(2,3)4;1-8-6-10(14)13(2)11(8)9-4-3-5-12-7-9;1-7-5-3-2-4-6-7;7-3-5-1-2-6-4-8;2-1-3/h2-6,9-10H,7-8H2,1H3,(H,13,15)(H,14,16);13H,5-11H2,1-4H3;3-5,7-8,11H,6H2,1-2H3;2-6H,1H3;3,6,8H,1-2,4H2,(H,5,7);1H,(H,2,3)/t;;8-,11?;;;/m..0.../s1. The van der Waals surface area contributed by atoms with Gasteiger partial charge in [0.25, 0.3) is 6.47 Å². The fraction of sp³-hybridized carbons (Fsp3) is 0.532. The Kier molecular flexibility index (Phi) is 37.0. The Hall–Kier alpha value is -5.18. The Bertz CT molecular complexity index is 1500. The van der Waals surface area contributed by atoms with Gasteiger partial charge in [0.2, 0.25) is 24.6 Å². The van der Waals surface area contributed by atoms with Crippen LogP contribution >= 0.6 is 0 Å². The smallest absolute Gasteiger partial charge is 0.290 e. The van der Waals surface area contributed by atoms with Crippen LogP contribution in [0.15, 0.2) is 85.2 Å². The maximum absolute atomic E-state index is 11.5. The molecule has 3 aromatic rings. The quantitative estimate of drug-likeness (QED) is 0.0439. The van der Waals surface area contributed by atoms with E-state index in [-0.39, 0.29) is 43.6 Å². The molecule has 1 aliphatic rings. The van der Waals surface area contributed by atoms with Crippen LogP contribution in [0.1, 0.15) is 109 Å². The van der Waals surface area contributed by atoms with E-state index in [4.69, 9.17) is 15.0 Å². The molecule has 0 spiro atoms. The number of aromatic nitrogens is 1. The molecule has 2 unspecified atom stereocenters. The predicted molar refractivity (Wildman–Crippen MR) is 246 cm³/mol. The van der Waals surface area contributed by atoms with E-state index in [1.807, 2.05) is 85.7 Å². The van der Waals surface area contributed by atoms with Crippen LogP contribution in [0, 0.1) is 12.8 Å². The molecular formula is C47H77N7O7. The van der Waals surface area contributed by atoms with Gasteiger partial charge in [-0.05, 0) is 77.1 Å². The molecule has 14 nitrogen and oxygen atoms in total. The Labute approximate surface area is 366 Å². The number of nitrogens with zero attached hydrogens (tertiary/aromatic N) is 2. The van der Waals surface area contributed by atoms with Crippen molar-refractivity contribution in [1.29, 1.82) is 0 Å². The summed E-state index contributed by atoms with van der Waals surface area (Å²) in [5, 5.41) is 28.7. The average molecular weight is 852 g/mol. The summed E-state index contributed by atoms with van der Waals surface area (Å²) in [4.78, 5) is 56.6. The molecule has 0 radical (unpaired) electrons. The highest BCUT2D eigenvalue weighted by molar-refractivity contribution is 5.80. The lowest BCUT2D eigenvalue weighted by molar-refractivity contribution is -0.127. The number of aliphatic hydroxyl groups is 1. The van der Waals surface area contributed by atoms with Crippen LogP contribution in [0.4, 0.5) is 0 Å². The van der Waals surface area contributed by atoms with Gasteiger partial charge in [-0.1, -0.05) is 118 Å². The van der Waals surface area contributed by atoms with Gasteiger partial charge in [0.15, 0.2) is 0 Å². The monoisotopic (exact) mass is 852 g/mol. The molecule has 0 aliphatic carbocycles. The normalized spacial score (nSPS) is 14.1. The van der Waals surface area contributed by atoms with Gasteiger partial charge in [-0.25, -0.2) is 0 Å². The lowest BCUT2D eigenvalue weighted by atomic mass is 9.97. The number of hydrogen-bond donors (Lipinski definition) is 7. The molecule has 0 saturated carbocycles. The highest BCUT2D eigenvalue weighted by atomic mass is 16.3. The lowest BCUT2D eigenvalue weighted by Gasteiger charge is -2.22. The number of aryl methyl sites for hydroxylation is 1. The van der Waals surface area contributed by atoms with E-state index in [1.165, 1.54) is 56.2 Å². The summed E-state index contributed by atoms with van der Waals surface area (Å²) in [6.07, 6.45) is 14.5. The third-order valence-corrected chi connectivity index (χ3v) is 8.78. The third-order valence-electron chi connectivity index (χ3n) is 8.78. The molecule has 1 saturated heterocycles. The summed E-state index contributed by atoms with van der Waals surface area (Å²) in [5.41, 5.74) is 3.93. The van der Waals surface area contributed by atoms with E-state index in [1.54, 1.807) is 6.20 Å². The molecule has 1 aromatic heterocycles. The fourth-order valence-corrected chi connectivity index (χ4v) is 5.85. The molecule has 342 valence electrons. The van der Waals surface area contributed by atoms with Gasteiger partial charge in [0.1, 0.15) is 0 Å². The maximum atomic E-state index is 11.5. The molecule has 4 rings (SSSR count). The van der Waals surface area contributed by atoms with Gasteiger partial charge in [0.05, 0.1) is 19.3 Å².